The summed E-state index contributed by atoms with van der Waals surface area (Å²) in [4.78, 5) is 0.616. The molecule has 0 aromatic carbocycles. The van der Waals surface area contributed by atoms with Crippen LogP contribution in [0.15, 0.2) is 0 Å². The Morgan fingerprint density at radius 1 is 1.71 bits per heavy atom. The predicted molar refractivity (Wildman–Crippen MR) is 46.9 cm³/mol. The van der Waals surface area contributed by atoms with Crippen LogP contribution in [0.1, 0.15) is 6.42 Å². The summed E-state index contributed by atoms with van der Waals surface area (Å²) in [6, 6.07) is 0. The van der Waals surface area contributed by atoms with E-state index in [1.165, 1.54) is 0 Å². The molecule has 0 aliphatic rings. The van der Waals surface area contributed by atoms with Crippen molar-refractivity contribution in [2.24, 2.45) is 0 Å². The summed E-state index contributed by atoms with van der Waals surface area (Å²) < 4.78 is 1.14. The second-order valence-electron chi connectivity index (χ2n) is 1.23. The molecule has 1 atom stereocenters. The van der Waals surface area contributed by atoms with E-state index in [4.69, 9.17) is 11.6 Å². The lowest BCUT2D eigenvalue weighted by atomic mass is 10.4. The van der Waals surface area contributed by atoms with Crippen molar-refractivity contribution in [1.82, 2.24) is 0 Å². The first kappa shape index (κ1) is 8.50. The predicted octanol–water partition coefficient (Wildman–Crippen LogP) is 2.81. The minimum atomic E-state index is 0.616. The van der Waals surface area contributed by atoms with E-state index in [0.29, 0.717) is 4.83 Å². The fourth-order valence-electron chi connectivity index (χ4n) is 0.196. The van der Waals surface area contributed by atoms with Crippen LogP contribution in [0.3, 0.4) is 0 Å². The molecule has 0 saturated heterocycles. The number of hydrogen-bond donors (Lipinski definition) is 0. The minimum absolute atomic E-state index is 0.616. The maximum Gasteiger partial charge on any atom is 0.0246 e. The highest BCUT2D eigenvalue weighted by molar-refractivity contribution is 14.1. The van der Waals surface area contributed by atoms with Crippen LogP contribution in [-0.4, -0.2) is 15.1 Å². The van der Waals surface area contributed by atoms with Gasteiger partial charge in [-0.15, -0.1) is 11.6 Å². The molecule has 0 nitrogen and oxygen atoms in total. The number of rotatable bonds is 3. The van der Waals surface area contributed by atoms with E-state index < -0.39 is 0 Å². The standard InChI is InChI=1S/C4H7BrClI/c5-4(3-7)1-2-6/h4H,1-3H2. The lowest BCUT2D eigenvalue weighted by Gasteiger charge is -1.98. The smallest absolute Gasteiger partial charge is 0.0246 e. The van der Waals surface area contributed by atoms with Gasteiger partial charge in [-0.25, -0.2) is 0 Å². The first-order valence-corrected chi connectivity index (χ1v) is 5.05. The zero-order chi connectivity index (χ0) is 5.70. The summed E-state index contributed by atoms with van der Waals surface area (Å²) in [6.45, 7) is 0. The maximum atomic E-state index is 5.44. The molecule has 3 heteroatoms. The van der Waals surface area contributed by atoms with E-state index in [0.717, 1.165) is 16.7 Å². The van der Waals surface area contributed by atoms with Gasteiger partial charge in [-0.05, 0) is 6.42 Å². The number of alkyl halides is 3. The summed E-state index contributed by atoms with van der Waals surface area (Å²) >= 11 is 11.2. The van der Waals surface area contributed by atoms with E-state index in [2.05, 4.69) is 38.5 Å². The summed E-state index contributed by atoms with van der Waals surface area (Å²) in [5, 5.41) is 0. The Morgan fingerprint density at radius 3 is 2.43 bits per heavy atom. The Morgan fingerprint density at radius 2 is 2.29 bits per heavy atom. The van der Waals surface area contributed by atoms with Crippen LogP contribution in [0.4, 0.5) is 0 Å². The summed E-state index contributed by atoms with van der Waals surface area (Å²) in [5.41, 5.74) is 0. The van der Waals surface area contributed by atoms with Crippen molar-refractivity contribution >= 4 is 50.1 Å². The Hall–Kier alpha value is 1.50. The second-order valence-corrected chi connectivity index (χ2v) is 3.78. The Bertz CT molecular complexity index is 42.7. The van der Waals surface area contributed by atoms with E-state index in [9.17, 15) is 0 Å². The van der Waals surface area contributed by atoms with Gasteiger partial charge in [-0.3, -0.25) is 0 Å². The molecule has 0 saturated carbocycles. The fraction of sp³-hybridized carbons (Fsp3) is 1.00. The Balaban J connectivity index is 2.83. The Kier molecular flexibility index (Phi) is 6.84. The van der Waals surface area contributed by atoms with Crippen LogP contribution >= 0.6 is 50.1 Å². The fourth-order valence-corrected chi connectivity index (χ4v) is 1.39. The van der Waals surface area contributed by atoms with Crippen LogP contribution in [0.25, 0.3) is 0 Å². The highest BCUT2D eigenvalue weighted by Crippen LogP contribution is 2.08. The van der Waals surface area contributed by atoms with Crippen LogP contribution in [0, 0.1) is 0 Å². The molecule has 0 rings (SSSR count). The monoisotopic (exact) mass is 296 g/mol. The largest absolute Gasteiger partial charge is 0.127 e. The zero-order valence-electron chi connectivity index (χ0n) is 3.83. The molecule has 0 fully saturated rings. The molecule has 0 bridgehead atoms. The van der Waals surface area contributed by atoms with E-state index >= 15 is 0 Å². The van der Waals surface area contributed by atoms with Gasteiger partial charge in [0.25, 0.3) is 0 Å². The van der Waals surface area contributed by atoms with Gasteiger partial charge < -0.3 is 0 Å². The lowest BCUT2D eigenvalue weighted by molar-refractivity contribution is 0.950. The van der Waals surface area contributed by atoms with E-state index in [1.807, 2.05) is 0 Å². The van der Waals surface area contributed by atoms with Gasteiger partial charge >= 0.3 is 0 Å². The van der Waals surface area contributed by atoms with Gasteiger partial charge in [0.1, 0.15) is 0 Å². The normalized spacial score (nSPS) is 14.1. The minimum Gasteiger partial charge on any atom is -0.127 e. The summed E-state index contributed by atoms with van der Waals surface area (Å²) in [5.74, 6) is 0.763. The first-order chi connectivity index (χ1) is 3.31. The quantitative estimate of drug-likeness (QED) is 0.555. The third-order valence-corrected chi connectivity index (χ3v) is 3.86. The molecular formula is C4H7BrClI. The highest BCUT2D eigenvalue weighted by Gasteiger charge is 1.97. The Labute approximate surface area is 71.3 Å². The molecule has 0 radical (unpaired) electrons. The highest BCUT2D eigenvalue weighted by atomic mass is 127. The van der Waals surface area contributed by atoms with Crippen molar-refractivity contribution in [3.63, 3.8) is 0 Å². The average Bonchev–Trinajstić information content (AvgIpc) is 1.68. The van der Waals surface area contributed by atoms with Crippen molar-refractivity contribution in [3.8, 4) is 0 Å². The molecule has 0 spiro atoms. The molecule has 0 aromatic rings. The summed E-state index contributed by atoms with van der Waals surface area (Å²) in [6.07, 6.45) is 1.07. The van der Waals surface area contributed by atoms with Gasteiger partial charge in [0.05, 0.1) is 0 Å². The first-order valence-electron chi connectivity index (χ1n) is 2.07. The molecule has 1 unspecified atom stereocenters. The molecule has 0 aromatic heterocycles. The van der Waals surface area contributed by atoms with Crippen LogP contribution < -0.4 is 0 Å². The molecule has 0 aliphatic heterocycles. The molecule has 44 valence electrons. The summed E-state index contributed by atoms with van der Waals surface area (Å²) in [7, 11) is 0. The van der Waals surface area contributed by atoms with Gasteiger partial charge in [-0.2, -0.15) is 0 Å². The van der Waals surface area contributed by atoms with Crippen molar-refractivity contribution in [3.05, 3.63) is 0 Å². The maximum absolute atomic E-state index is 5.44. The van der Waals surface area contributed by atoms with E-state index in [1.54, 1.807) is 0 Å². The molecule has 7 heavy (non-hydrogen) atoms. The van der Waals surface area contributed by atoms with Gasteiger partial charge in [0.2, 0.25) is 0 Å². The molecular weight excluding hydrogens is 290 g/mol. The molecule has 0 aliphatic carbocycles. The average molecular weight is 297 g/mol. The van der Waals surface area contributed by atoms with E-state index in [-0.39, 0.29) is 0 Å². The topological polar surface area (TPSA) is 0 Å². The van der Waals surface area contributed by atoms with Gasteiger partial charge in [-0.1, -0.05) is 38.5 Å². The van der Waals surface area contributed by atoms with Gasteiger partial charge in [0, 0.05) is 15.1 Å². The third kappa shape index (κ3) is 5.37. The van der Waals surface area contributed by atoms with Crippen LogP contribution in [0.2, 0.25) is 0 Å². The molecule has 0 amide bonds. The number of halogens is 3. The molecule has 0 N–H and O–H groups in total. The number of hydrogen-bond acceptors (Lipinski definition) is 0. The molecule has 0 heterocycles. The van der Waals surface area contributed by atoms with Gasteiger partial charge in [0.15, 0.2) is 0 Å². The third-order valence-electron chi connectivity index (χ3n) is 0.590. The van der Waals surface area contributed by atoms with Crippen molar-refractivity contribution in [1.29, 1.82) is 0 Å². The van der Waals surface area contributed by atoms with Crippen molar-refractivity contribution in [2.75, 3.05) is 10.3 Å². The van der Waals surface area contributed by atoms with Crippen molar-refractivity contribution < 1.29 is 0 Å². The van der Waals surface area contributed by atoms with Crippen LogP contribution in [-0.2, 0) is 0 Å². The van der Waals surface area contributed by atoms with Crippen molar-refractivity contribution in [2.45, 2.75) is 11.2 Å². The lowest BCUT2D eigenvalue weighted by Crippen LogP contribution is -1.97. The van der Waals surface area contributed by atoms with Crippen LogP contribution in [0.5, 0.6) is 0 Å². The zero-order valence-corrected chi connectivity index (χ0v) is 8.33. The second kappa shape index (κ2) is 5.63. The SMILES string of the molecule is ClCCC(Br)CI.